The third-order valence-corrected chi connectivity index (χ3v) is 3.03. The summed E-state index contributed by atoms with van der Waals surface area (Å²) in [6.07, 6.45) is 2.55. The standard InChI is InChI=1S/C14H15ClN2/c1-10-13(6-3-7-17-10)14(16)9-11-4-2-5-12(15)8-11/h2-8,14H,9,16H2,1H3. The van der Waals surface area contributed by atoms with Crippen LogP contribution >= 0.6 is 11.6 Å². The van der Waals surface area contributed by atoms with Gasteiger partial charge in [0.25, 0.3) is 0 Å². The number of pyridine rings is 1. The predicted molar refractivity (Wildman–Crippen MR) is 71.1 cm³/mol. The molecule has 2 aromatic rings. The van der Waals surface area contributed by atoms with E-state index in [4.69, 9.17) is 17.3 Å². The van der Waals surface area contributed by atoms with Gasteiger partial charge in [-0.05, 0) is 42.7 Å². The third kappa shape index (κ3) is 3.05. The molecule has 1 atom stereocenters. The number of nitrogens with zero attached hydrogens (tertiary/aromatic N) is 1. The Morgan fingerprint density at radius 2 is 2.12 bits per heavy atom. The smallest absolute Gasteiger partial charge is 0.0420 e. The molecule has 0 amide bonds. The lowest BCUT2D eigenvalue weighted by molar-refractivity contribution is 0.711. The maximum Gasteiger partial charge on any atom is 0.0420 e. The number of nitrogens with two attached hydrogens (primary N) is 1. The molecule has 0 aliphatic rings. The van der Waals surface area contributed by atoms with E-state index in [1.807, 2.05) is 43.3 Å². The quantitative estimate of drug-likeness (QED) is 0.903. The lowest BCUT2D eigenvalue weighted by atomic mass is 9.99. The molecule has 2 rings (SSSR count). The van der Waals surface area contributed by atoms with E-state index in [0.29, 0.717) is 0 Å². The molecule has 0 radical (unpaired) electrons. The van der Waals surface area contributed by atoms with Gasteiger partial charge in [-0.3, -0.25) is 4.98 Å². The summed E-state index contributed by atoms with van der Waals surface area (Å²) in [7, 11) is 0. The van der Waals surface area contributed by atoms with E-state index >= 15 is 0 Å². The van der Waals surface area contributed by atoms with E-state index in [2.05, 4.69) is 4.98 Å². The van der Waals surface area contributed by atoms with Crippen LogP contribution in [-0.2, 0) is 6.42 Å². The van der Waals surface area contributed by atoms with E-state index in [1.54, 1.807) is 6.20 Å². The molecule has 0 aliphatic heterocycles. The Hall–Kier alpha value is -1.38. The topological polar surface area (TPSA) is 38.9 Å². The van der Waals surface area contributed by atoms with E-state index in [0.717, 1.165) is 28.3 Å². The summed E-state index contributed by atoms with van der Waals surface area (Å²) in [4.78, 5) is 4.25. The Labute approximate surface area is 106 Å². The van der Waals surface area contributed by atoms with Gasteiger partial charge in [0.15, 0.2) is 0 Å². The molecule has 3 heteroatoms. The molecule has 0 saturated carbocycles. The molecule has 17 heavy (non-hydrogen) atoms. The molecule has 1 unspecified atom stereocenters. The number of aryl methyl sites for hydroxylation is 1. The summed E-state index contributed by atoms with van der Waals surface area (Å²) in [6.45, 7) is 1.98. The van der Waals surface area contributed by atoms with Crippen LogP contribution in [0.15, 0.2) is 42.6 Å². The van der Waals surface area contributed by atoms with Gasteiger partial charge in [-0.1, -0.05) is 29.8 Å². The van der Waals surface area contributed by atoms with Crippen LogP contribution in [0.4, 0.5) is 0 Å². The summed E-state index contributed by atoms with van der Waals surface area (Å²) in [5.74, 6) is 0. The molecule has 0 spiro atoms. The predicted octanol–water partition coefficient (Wildman–Crippen LogP) is 3.29. The Bertz CT molecular complexity index is 511. The second kappa shape index (κ2) is 5.30. The first-order chi connectivity index (χ1) is 8.16. The van der Waals surface area contributed by atoms with Crippen LogP contribution in [0.1, 0.15) is 22.9 Å². The highest BCUT2D eigenvalue weighted by atomic mass is 35.5. The first-order valence-electron chi connectivity index (χ1n) is 5.58. The zero-order valence-electron chi connectivity index (χ0n) is 9.73. The van der Waals surface area contributed by atoms with Crippen molar-refractivity contribution in [1.82, 2.24) is 4.98 Å². The number of hydrogen-bond acceptors (Lipinski definition) is 2. The number of benzene rings is 1. The SMILES string of the molecule is Cc1ncccc1C(N)Cc1cccc(Cl)c1. The fourth-order valence-corrected chi connectivity index (χ4v) is 2.13. The highest BCUT2D eigenvalue weighted by molar-refractivity contribution is 6.30. The lowest BCUT2D eigenvalue weighted by Crippen LogP contribution is -2.15. The minimum atomic E-state index is -0.0397. The van der Waals surface area contributed by atoms with Crippen molar-refractivity contribution in [2.75, 3.05) is 0 Å². The minimum absolute atomic E-state index is 0.0397. The lowest BCUT2D eigenvalue weighted by Gasteiger charge is -2.14. The Morgan fingerprint density at radius 3 is 2.82 bits per heavy atom. The summed E-state index contributed by atoms with van der Waals surface area (Å²) in [5, 5.41) is 0.748. The van der Waals surface area contributed by atoms with Gasteiger partial charge in [0.1, 0.15) is 0 Å². The van der Waals surface area contributed by atoms with Crippen molar-refractivity contribution >= 4 is 11.6 Å². The van der Waals surface area contributed by atoms with E-state index in [1.165, 1.54) is 0 Å². The maximum atomic E-state index is 6.19. The summed E-state index contributed by atoms with van der Waals surface area (Å²) >= 11 is 5.95. The molecule has 1 heterocycles. The van der Waals surface area contributed by atoms with E-state index in [9.17, 15) is 0 Å². The Morgan fingerprint density at radius 1 is 1.29 bits per heavy atom. The van der Waals surface area contributed by atoms with E-state index < -0.39 is 0 Å². The molecule has 0 bridgehead atoms. The number of hydrogen-bond donors (Lipinski definition) is 1. The first kappa shape index (κ1) is 12.1. The Kier molecular flexibility index (Phi) is 3.77. The van der Waals surface area contributed by atoms with Gasteiger partial charge < -0.3 is 5.73 Å². The van der Waals surface area contributed by atoms with E-state index in [-0.39, 0.29) is 6.04 Å². The van der Waals surface area contributed by atoms with Crippen molar-refractivity contribution in [3.05, 3.63) is 64.4 Å². The largest absolute Gasteiger partial charge is 0.324 e. The third-order valence-electron chi connectivity index (χ3n) is 2.79. The van der Waals surface area contributed by atoms with Gasteiger partial charge >= 0.3 is 0 Å². The normalized spacial score (nSPS) is 12.4. The van der Waals surface area contributed by atoms with Crippen LogP contribution in [0.2, 0.25) is 5.02 Å². The Balaban J connectivity index is 2.17. The number of halogens is 1. The van der Waals surface area contributed by atoms with Crippen molar-refractivity contribution in [1.29, 1.82) is 0 Å². The highest BCUT2D eigenvalue weighted by Gasteiger charge is 2.10. The fraction of sp³-hybridized carbons (Fsp3) is 0.214. The minimum Gasteiger partial charge on any atom is -0.324 e. The highest BCUT2D eigenvalue weighted by Crippen LogP contribution is 2.19. The average Bonchev–Trinajstić information content (AvgIpc) is 2.29. The van der Waals surface area contributed by atoms with Crippen LogP contribution in [0.25, 0.3) is 0 Å². The zero-order valence-corrected chi connectivity index (χ0v) is 10.5. The molecular formula is C14H15ClN2. The summed E-state index contributed by atoms with van der Waals surface area (Å²) in [6, 6.07) is 11.7. The molecule has 1 aromatic carbocycles. The summed E-state index contributed by atoms with van der Waals surface area (Å²) < 4.78 is 0. The second-order valence-corrected chi connectivity index (χ2v) is 4.56. The van der Waals surface area contributed by atoms with Crippen molar-refractivity contribution in [2.24, 2.45) is 5.73 Å². The van der Waals surface area contributed by atoms with Gasteiger partial charge in [-0.25, -0.2) is 0 Å². The fourth-order valence-electron chi connectivity index (χ4n) is 1.92. The van der Waals surface area contributed by atoms with Gasteiger partial charge in [-0.2, -0.15) is 0 Å². The van der Waals surface area contributed by atoms with Crippen LogP contribution in [0.5, 0.6) is 0 Å². The van der Waals surface area contributed by atoms with Crippen LogP contribution in [0.3, 0.4) is 0 Å². The number of aromatic nitrogens is 1. The average molecular weight is 247 g/mol. The maximum absolute atomic E-state index is 6.19. The van der Waals surface area contributed by atoms with Crippen LogP contribution < -0.4 is 5.73 Å². The van der Waals surface area contributed by atoms with Gasteiger partial charge in [-0.15, -0.1) is 0 Å². The van der Waals surface area contributed by atoms with Crippen molar-refractivity contribution in [3.63, 3.8) is 0 Å². The van der Waals surface area contributed by atoms with Gasteiger partial charge in [0.2, 0.25) is 0 Å². The number of rotatable bonds is 3. The van der Waals surface area contributed by atoms with Crippen molar-refractivity contribution in [3.8, 4) is 0 Å². The molecule has 2 N–H and O–H groups in total. The molecule has 2 nitrogen and oxygen atoms in total. The summed E-state index contributed by atoms with van der Waals surface area (Å²) in [5.41, 5.74) is 9.42. The monoisotopic (exact) mass is 246 g/mol. The van der Waals surface area contributed by atoms with Crippen LogP contribution in [0, 0.1) is 6.92 Å². The van der Waals surface area contributed by atoms with Crippen molar-refractivity contribution < 1.29 is 0 Å². The second-order valence-electron chi connectivity index (χ2n) is 4.12. The van der Waals surface area contributed by atoms with Gasteiger partial charge in [0, 0.05) is 23.0 Å². The molecule has 0 fully saturated rings. The van der Waals surface area contributed by atoms with Crippen LogP contribution in [-0.4, -0.2) is 4.98 Å². The molecule has 0 saturated heterocycles. The molecule has 88 valence electrons. The molecule has 0 aliphatic carbocycles. The first-order valence-corrected chi connectivity index (χ1v) is 5.96. The molecule has 1 aromatic heterocycles. The molecular weight excluding hydrogens is 232 g/mol. The zero-order chi connectivity index (χ0) is 12.3. The van der Waals surface area contributed by atoms with Crippen molar-refractivity contribution in [2.45, 2.75) is 19.4 Å². The van der Waals surface area contributed by atoms with Gasteiger partial charge in [0.05, 0.1) is 0 Å².